The number of ether oxygens (including phenoxy) is 1. The molecule has 0 aliphatic rings. The maximum atomic E-state index is 12.8. The Balaban J connectivity index is 3.40. The fourth-order valence-corrected chi connectivity index (χ4v) is 1.99. The van der Waals surface area contributed by atoms with Crippen molar-refractivity contribution in [1.82, 2.24) is 9.78 Å². The third kappa shape index (κ3) is 3.60. The van der Waals surface area contributed by atoms with Gasteiger partial charge >= 0.3 is 12.4 Å². The van der Waals surface area contributed by atoms with Crippen molar-refractivity contribution in [2.45, 2.75) is 38.3 Å². The molecule has 1 unspecified atom stereocenters. The van der Waals surface area contributed by atoms with Crippen molar-refractivity contribution >= 4 is 0 Å². The predicted octanol–water partition coefficient (Wildman–Crippen LogP) is 3.21. The highest BCUT2D eigenvalue weighted by molar-refractivity contribution is 5.29. The van der Waals surface area contributed by atoms with Gasteiger partial charge in [-0.25, -0.2) is 0 Å². The minimum atomic E-state index is -5.53. The van der Waals surface area contributed by atoms with Crippen LogP contribution in [0.1, 0.15) is 31.6 Å². The van der Waals surface area contributed by atoms with Crippen LogP contribution in [0.3, 0.4) is 0 Å². The first-order valence-electron chi connectivity index (χ1n) is 5.91. The van der Waals surface area contributed by atoms with Gasteiger partial charge in [-0.1, -0.05) is 0 Å². The van der Waals surface area contributed by atoms with E-state index in [-0.39, 0.29) is 5.75 Å². The van der Waals surface area contributed by atoms with Gasteiger partial charge in [-0.05, 0) is 13.8 Å². The zero-order chi connectivity index (χ0) is 16.6. The Kier molecular flexibility index (Phi) is 4.81. The summed E-state index contributed by atoms with van der Waals surface area (Å²) in [6, 6.07) is -2.85. The number of alkyl halides is 6. The minimum Gasteiger partial charge on any atom is -0.493 e. The second-order valence-electron chi connectivity index (χ2n) is 4.72. The highest BCUT2D eigenvalue weighted by Crippen LogP contribution is 2.47. The third-order valence-electron chi connectivity index (χ3n) is 2.89. The molecule has 1 atom stereocenters. The molecule has 0 saturated heterocycles. The number of aromatic nitrogens is 2. The van der Waals surface area contributed by atoms with Crippen molar-refractivity contribution in [2.24, 2.45) is 11.7 Å². The topological polar surface area (TPSA) is 53.1 Å². The zero-order valence-electron chi connectivity index (χ0n) is 11.5. The van der Waals surface area contributed by atoms with E-state index in [1.54, 1.807) is 13.8 Å². The van der Waals surface area contributed by atoms with E-state index in [4.69, 9.17) is 10.5 Å². The van der Waals surface area contributed by atoms with Crippen LogP contribution >= 0.6 is 0 Å². The fraction of sp³-hybridized carbons (Fsp3) is 0.727. The molecule has 122 valence electrons. The van der Waals surface area contributed by atoms with Gasteiger partial charge < -0.3 is 10.5 Å². The van der Waals surface area contributed by atoms with Crippen LogP contribution in [-0.2, 0) is 0 Å². The van der Waals surface area contributed by atoms with E-state index in [1.807, 2.05) is 0 Å². The van der Waals surface area contributed by atoms with Gasteiger partial charge in [-0.2, -0.15) is 31.4 Å². The highest BCUT2D eigenvalue weighted by atomic mass is 19.4. The monoisotopic (exact) mass is 319 g/mol. The molecular formula is C11H15F6N3O. The van der Waals surface area contributed by atoms with Crippen LogP contribution < -0.4 is 10.5 Å². The lowest BCUT2D eigenvalue weighted by atomic mass is 9.95. The summed E-state index contributed by atoms with van der Waals surface area (Å²) in [5, 5.41) is 3.73. The lowest BCUT2D eigenvalue weighted by molar-refractivity contribution is -0.290. The molecule has 4 nitrogen and oxygen atoms in total. The number of rotatable bonds is 4. The minimum absolute atomic E-state index is 0.213. The molecule has 2 N–H and O–H groups in total. The number of nitrogens with two attached hydrogens (primary N) is 1. The van der Waals surface area contributed by atoms with Crippen molar-refractivity contribution in [1.29, 1.82) is 0 Å². The first kappa shape index (κ1) is 17.6. The first-order chi connectivity index (χ1) is 9.41. The molecule has 0 aromatic carbocycles. The SMILES string of the molecule is COc1cnn(C(C)C)c1C(N)C(C(F)(F)F)C(F)(F)F. The Bertz CT molecular complexity index is 465. The molecule has 0 aliphatic heterocycles. The van der Waals surface area contributed by atoms with Crippen LogP contribution in [0.2, 0.25) is 0 Å². The predicted molar refractivity (Wildman–Crippen MR) is 61.7 cm³/mol. The Morgan fingerprint density at radius 3 is 1.95 bits per heavy atom. The van der Waals surface area contributed by atoms with E-state index in [2.05, 4.69) is 5.10 Å². The van der Waals surface area contributed by atoms with Crippen LogP contribution in [0.4, 0.5) is 26.3 Å². The van der Waals surface area contributed by atoms with Gasteiger partial charge in [0.15, 0.2) is 11.7 Å². The molecule has 10 heteroatoms. The van der Waals surface area contributed by atoms with Gasteiger partial charge in [0.1, 0.15) is 0 Å². The summed E-state index contributed by atoms with van der Waals surface area (Å²) in [5.74, 6) is -3.91. The normalized spacial score (nSPS) is 14.9. The quantitative estimate of drug-likeness (QED) is 0.867. The van der Waals surface area contributed by atoms with Crippen LogP contribution in [0.5, 0.6) is 5.75 Å². The van der Waals surface area contributed by atoms with Gasteiger partial charge in [0.05, 0.1) is 25.0 Å². The number of halogens is 6. The molecule has 0 bridgehead atoms. The van der Waals surface area contributed by atoms with Gasteiger partial charge in [-0.3, -0.25) is 4.68 Å². The average Bonchev–Trinajstić information content (AvgIpc) is 2.67. The molecule has 21 heavy (non-hydrogen) atoms. The molecule has 0 radical (unpaired) electrons. The van der Waals surface area contributed by atoms with Crippen molar-refractivity contribution < 1.29 is 31.1 Å². The molecule has 1 heterocycles. The maximum absolute atomic E-state index is 12.8. The molecule has 0 aliphatic carbocycles. The number of hydrogen-bond donors (Lipinski definition) is 1. The van der Waals surface area contributed by atoms with Crippen LogP contribution in [0.25, 0.3) is 0 Å². The van der Waals surface area contributed by atoms with Crippen molar-refractivity contribution in [3.05, 3.63) is 11.9 Å². The molecule has 0 saturated carbocycles. The van der Waals surface area contributed by atoms with Crippen LogP contribution in [0, 0.1) is 5.92 Å². The van der Waals surface area contributed by atoms with Crippen LogP contribution in [-0.4, -0.2) is 29.2 Å². The standard InChI is InChI=1S/C11H15F6N3O/c1-5(2)20-8(6(21-3)4-19-20)7(18)9(10(12,13)14)11(15,16)17/h4-5,7,9H,18H2,1-3H3. The second-order valence-corrected chi connectivity index (χ2v) is 4.72. The van der Waals surface area contributed by atoms with E-state index < -0.39 is 36.0 Å². The van der Waals surface area contributed by atoms with Crippen molar-refractivity contribution in [3.8, 4) is 5.75 Å². The van der Waals surface area contributed by atoms with E-state index in [0.717, 1.165) is 18.0 Å². The number of nitrogens with zero attached hydrogens (tertiary/aromatic N) is 2. The van der Waals surface area contributed by atoms with Crippen molar-refractivity contribution in [2.75, 3.05) is 7.11 Å². The Morgan fingerprint density at radius 1 is 1.14 bits per heavy atom. The average molecular weight is 319 g/mol. The second kappa shape index (κ2) is 5.74. The number of hydrogen-bond acceptors (Lipinski definition) is 3. The molecule has 1 aromatic heterocycles. The van der Waals surface area contributed by atoms with E-state index in [9.17, 15) is 26.3 Å². The maximum Gasteiger partial charge on any atom is 0.402 e. The molecular weight excluding hydrogens is 304 g/mol. The first-order valence-corrected chi connectivity index (χ1v) is 5.91. The molecule has 1 rings (SSSR count). The van der Waals surface area contributed by atoms with E-state index in [1.165, 1.54) is 0 Å². The number of methoxy groups -OCH3 is 1. The summed E-state index contributed by atoms with van der Waals surface area (Å²) < 4.78 is 82.3. The summed E-state index contributed by atoms with van der Waals surface area (Å²) in [5.41, 5.74) is 4.85. The molecule has 0 amide bonds. The smallest absolute Gasteiger partial charge is 0.402 e. The lowest BCUT2D eigenvalue weighted by Gasteiger charge is -2.29. The lowest BCUT2D eigenvalue weighted by Crippen LogP contribution is -2.44. The Hall–Kier alpha value is -1.45. The van der Waals surface area contributed by atoms with Gasteiger partial charge in [0.25, 0.3) is 0 Å². The van der Waals surface area contributed by atoms with Gasteiger partial charge in [-0.15, -0.1) is 0 Å². The summed E-state index contributed by atoms with van der Waals surface area (Å²) in [7, 11) is 1.12. The summed E-state index contributed by atoms with van der Waals surface area (Å²) in [6.45, 7) is 3.11. The third-order valence-corrected chi connectivity index (χ3v) is 2.89. The summed E-state index contributed by atoms with van der Waals surface area (Å²) in [4.78, 5) is 0. The molecule has 1 aromatic rings. The Labute approximate surface area is 116 Å². The zero-order valence-corrected chi connectivity index (χ0v) is 11.5. The highest BCUT2D eigenvalue weighted by Gasteiger charge is 2.60. The van der Waals surface area contributed by atoms with E-state index in [0.29, 0.717) is 0 Å². The Morgan fingerprint density at radius 2 is 1.62 bits per heavy atom. The molecule has 0 fully saturated rings. The van der Waals surface area contributed by atoms with Crippen LogP contribution in [0.15, 0.2) is 6.20 Å². The summed E-state index contributed by atoms with van der Waals surface area (Å²) >= 11 is 0. The fourth-order valence-electron chi connectivity index (χ4n) is 1.99. The van der Waals surface area contributed by atoms with Crippen molar-refractivity contribution in [3.63, 3.8) is 0 Å². The summed E-state index contributed by atoms with van der Waals surface area (Å²) in [6.07, 6.45) is -10.0. The molecule has 0 spiro atoms. The van der Waals surface area contributed by atoms with Gasteiger partial charge in [0.2, 0.25) is 0 Å². The van der Waals surface area contributed by atoms with E-state index >= 15 is 0 Å². The van der Waals surface area contributed by atoms with Gasteiger partial charge in [0, 0.05) is 6.04 Å². The largest absolute Gasteiger partial charge is 0.493 e.